The standard InChI is InChI=1S/C62H44N2/c1-37-21-29-47-49-31-27-41(35-57(49)61(55(47)33-37)51-17-9-5-13-43(51)44-14-6-10-18-52(44)61)59(63-3)39-23-25-40(26-24-39)60(64-4)42-28-32-50-48-30-22-38(2)34-56(48)62(58(50)36-42)53-19-11-7-15-45(53)46-16-8-12-20-54(46)62/h5-36H,1-4H3. The van der Waals surface area contributed by atoms with E-state index >= 15 is 0 Å². The van der Waals surface area contributed by atoms with Gasteiger partial charge in [0.25, 0.3) is 0 Å². The predicted octanol–water partition coefficient (Wildman–Crippen LogP) is 13.9. The third kappa shape index (κ3) is 4.65. The summed E-state index contributed by atoms with van der Waals surface area (Å²) < 4.78 is 0. The Morgan fingerprint density at radius 3 is 0.875 bits per heavy atom. The Kier molecular flexibility index (Phi) is 7.74. The van der Waals surface area contributed by atoms with Crippen LogP contribution in [0.4, 0.5) is 0 Å². The highest BCUT2D eigenvalue weighted by Gasteiger charge is 2.53. The van der Waals surface area contributed by atoms with E-state index < -0.39 is 10.8 Å². The first-order valence-corrected chi connectivity index (χ1v) is 22.4. The van der Waals surface area contributed by atoms with Crippen molar-refractivity contribution in [2.75, 3.05) is 14.1 Å². The fourth-order valence-corrected chi connectivity index (χ4v) is 12.4. The highest BCUT2D eigenvalue weighted by Crippen LogP contribution is 2.64. The molecule has 9 aromatic rings. The van der Waals surface area contributed by atoms with Crippen molar-refractivity contribution in [3.8, 4) is 44.5 Å². The number of aryl methyl sites for hydroxylation is 2. The Morgan fingerprint density at radius 1 is 0.281 bits per heavy atom. The second-order valence-electron chi connectivity index (χ2n) is 18.0. The van der Waals surface area contributed by atoms with Crippen molar-refractivity contribution in [1.82, 2.24) is 0 Å². The quantitative estimate of drug-likeness (QED) is 0.158. The van der Waals surface area contributed by atoms with Crippen molar-refractivity contribution in [2.24, 2.45) is 9.98 Å². The van der Waals surface area contributed by atoms with Gasteiger partial charge < -0.3 is 0 Å². The van der Waals surface area contributed by atoms with Crippen LogP contribution in [0.15, 0.2) is 204 Å². The fraction of sp³-hybridized carbons (Fsp3) is 0.0968. The van der Waals surface area contributed by atoms with Crippen LogP contribution in [0.2, 0.25) is 0 Å². The SMILES string of the molecule is CN=C(c1ccc(C(=NC)c2ccc3c(c2)C2(c4ccccc4-c4ccccc42)c2cc(C)ccc2-3)cc1)c1ccc2c(c1)C1(c3ccccc3-c3ccccc31)c1cc(C)ccc1-2. The molecule has 0 atom stereocenters. The number of aliphatic imine (C=N–C) groups is 2. The number of hydrogen-bond acceptors (Lipinski definition) is 2. The van der Waals surface area contributed by atoms with Crippen LogP contribution in [0.5, 0.6) is 0 Å². The summed E-state index contributed by atoms with van der Waals surface area (Å²) in [6.45, 7) is 4.42. The maximum atomic E-state index is 5.00. The second-order valence-corrected chi connectivity index (χ2v) is 18.0. The maximum Gasteiger partial charge on any atom is 0.0725 e. The normalized spacial score (nSPS) is 15.0. The van der Waals surface area contributed by atoms with E-state index in [1.807, 2.05) is 14.1 Å². The van der Waals surface area contributed by atoms with Gasteiger partial charge in [-0.25, -0.2) is 0 Å². The molecule has 0 amide bonds. The highest BCUT2D eigenvalue weighted by molar-refractivity contribution is 6.16. The van der Waals surface area contributed by atoms with Crippen LogP contribution in [0.25, 0.3) is 44.5 Å². The van der Waals surface area contributed by atoms with E-state index in [9.17, 15) is 0 Å². The number of hydrogen-bond donors (Lipinski definition) is 0. The molecule has 0 N–H and O–H groups in total. The molecule has 4 aliphatic rings. The highest BCUT2D eigenvalue weighted by atomic mass is 14.7. The summed E-state index contributed by atoms with van der Waals surface area (Å²) >= 11 is 0. The number of nitrogens with zero attached hydrogens (tertiary/aromatic N) is 2. The zero-order valence-corrected chi connectivity index (χ0v) is 36.4. The lowest BCUT2D eigenvalue weighted by Crippen LogP contribution is -2.26. The van der Waals surface area contributed by atoms with Crippen molar-refractivity contribution < 1.29 is 0 Å². The van der Waals surface area contributed by atoms with Gasteiger partial charge in [-0.05, 0) is 115 Å². The third-order valence-corrected chi connectivity index (χ3v) is 14.9. The molecule has 13 rings (SSSR count). The molecule has 0 bridgehead atoms. The lowest BCUT2D eigenvalue weighted by molar-refractivity contribution is 0.792. The fourth-order valence-electron chi connectivity index (χ4n) is 12.4. The summed E-state index contributed by atoms with van der Waals surface area (Å²) in [6.07, 6.45) is 0. The summed E-state index contributed by atoms with van der Waals surface area (Å²) in [4.78, 5) is 10.0. The number of rotatable bonds is 4. The number of fused-ring (bicyclic) bond motifs is 20. The van der Waals surface area contributed by atoms with Crippen molar-refractivity contribution in [2.45, 2.75) is 24.7 Å². The zero-order valence-electron chi connectivity index (χ0n) is 36.4. The Morgan fingerprint density at radius 2 is 0.547 bits per heavy atom. The monoisotopic (exact) mass is 816 g/mol. The van der Waals surface area contributed by atoms with Gasteiger partial charge in [-0.15, -0.1) is 0 Å². The minimum Gasteiger partial charge on any atom is -0.287 e. The second kappa shape index (κ2) is 13.4. The van der Waals surface area contributed by atoms with Crippen LogP contribution < -0.4 is 0 Å². The molecule has 0 aromatic heterocycles. The van der Waals surface area contributed by atoms with Crippen LogP contribution in [0.1, 0.15) is 77.9 Å². The Hall–Kier alpha value is -7.68. The van der Waals surface area contributed by atoms with E-state index in [0.29, 0.717) is 0 Å². The molecular formula is C62H44N2. The maximum absolute atomic E-state index is 5.00. The van der Waals surface area contributed by atoms with Crippen molar-refractivity contribution in [3.63, 3.8) is 0 Å². The van der Waals surface area contributed by atoms with Crippen molar-refractivity contribution in [3.05, 3.63) is 272 Å². The van der Waals surface area contributed by atoms with Gasteiger partial charge >= 0.3 is 0 Å². The molecule has 0 saturated heterocycles. The van der Waals surface area contributed by atoms with Gasteiger partial charge in [0.2, 0.25) is 0 Å². The van der Waals surface area contributed by atoms with Crippen LogP contribution in [-0.2, 0) is 10.8 Å². The van der Waals surface area contributed by atoms with Gasteiger partial charge in [-0.2, -0.15) is 0 Å². The molecule has 4 aliphatic carbocycles. The predicted molar refractivity (Wildman–Crippen MR) is 265 cm³/mol. The Balaban J connectivity index is 0.909. The topological polar surface area (TPSA) is 24.7 Å². The molecule has 0 radical (unpaired) electrons. The molecule has 0 saturated carbocycles. The molecular weight excluding hydrogens is 773 g/mol. The largest absolute Gasteiger partial charge is 0.287 e. The van der Waals surface area contributed by atoms with E-state index in [0.717, 1.165) is 33.7 Å². The van der Waals surface area contributed by atoms with Gasteiger partial charge in [0, 0.05) is 36.3 Å². The molecule has 0 unspecified atom stereocenters. The summed E-state index contributed by atoms with van der Waals surface area (Å²) in [6, 6.07) is 73.0. The first-order valence-electron chi connectivity index (χ1n) is 22.4. The Labute approximate surface area is 375 Å². The van der Waals surface area contributed by atoms with E-state index in [2.05, 4.69) is 208 Å². The van der Waals surface area contributed by atoms with E-state index in [1.54, 1.807) is 0 Å². The van der Waals surface area contributed by atoms with Crippen molar-refractivity contribution >= 4 is 11.4 Å². The average molecular weight is 817 g/mol. The number of benzene rings is 9. The van der Waals surface area contributed by atoms with Crippen LogP contribution in [0, 0.1) is 13.8 Å². The molecule has 2 nitrogen and oxygen atoms in total. The lowest BCUT2D eigenvalue weighted by atomic mass is 9.70. The van der Waals surface area contributed by atoms with Crippen LogP contribution in [0.3, 0.4) is 0 Å². The summed E-state index contributed by atoms with van der Waals surface area (Å²) in [5.41, 5.74) is 29.2. The van der Waals surface area contributed by atoms with Crippen LogP contribution in [-0.4, -0.2) is 25.5 Å². The van der Waals surface area contributed by atoms with Gasteiger partial charge in [-0.3, -0.25) is 9.98 Å². The van der Waals surface area contributed by atoms with Gasteiger partial charge in [0.1, 0.15) is 0 Å². The zero-order chi connectivity index (χ0) is 42.9. The van der Waals surface area contributed by atoms with Gasteiger partial charge in [0.05, 0.1) is 22.3 Å². The third-order valence-electron chi connectivity index (χ3n) is 14.9. The average Bonchev–Trinajstić information content (AvgIpc) is 4.01. The molecule has 302 valence electrons. The molecule has 2 heteroatoms. The molecule has 0 aliphatic heterocycles. The summed E-state index contributed by atoms with van der Waals surface area (Å²) in [7, 11) is 3.84. The Bertz CT molecular complexity index is 3220. The van der Waals surface area contributed by atoms with E-state index in [4.69, 9.17) is 9.98 Å². The van der Waals surface area contributed by atoms with Crippen LogP contribution >= 0.6 is 0 Å². The van der Waals surface area contributed by atoms with E-state index in [-0.39, 0.29) is 0 Å². The summed E-state index contributed by atoms with van der Waals surface area (Å²) in [5, 5.41) is 0. The smallest absolute Gasteiger partial charge is 0.0725 e. The van der Waals surface area contributed by atoms with E-state index in [1.165, 1.54) is 100 Å². The van der Waals surface area contributed by atoms with Crippen molar-refractivity contribution in [1.29, 1.82) is 0 Å². The molecule has 0 fully saturated rings. The molecule has 64 heavy (non-hydrogen) atoms. The first-order chi connectivity index (χ1) is 31.5. The van der Waals surface area contributed by atoms with Gasteiger partial charge in [-0.1, -0.05) is 193 Å². The summed E-state index contributed by atoms with van der Waals surface area (Å²) in [5.74, 6) is 0. The minimum absolute atomic E-state index is 0.410. The molecule has 2 spiro atoms. The van der Waals surface area contributed by atoms with Gasteiger partial charge in [0.15, 0.2) is 0 Å². The first kappa shape index (κ1) is 36.9. The minimum atomic E-state index is -0.410. The molecule has 0 heterocycles. The molecule has 9 aromatic carbocycles. The lowest BCUT2D eigenvalue weighted by Gasteiger charge is -2.31.